The van der Waals surface area contributed by atoms with Crippen molar-refractivity contribution in [3.8, 4) is 5.88 Å². The molecule has 0 aliphatic carbocycles. The zero-order valence-corrected chi connectivity index (χ0v) is 11.2. The van der Waals surface area contributed by atoms with Gasteiger partial charge in [0.15, 0.2) is 5.16 Å². The number of thioether (sulfide) groups is 1. The summed E-state index contributed by atoms with van der Waals surface area (Å²) in [5, 5.41) is 4.96. The zero-order valence-electron chi connectivity index (χ0n) is 9.58. The summed E-state index contributed by atoms with van der Waals surface area (Å²) >= 11 is 3.22. The highest BCUT2D eigenvalue weighted by atomic mass is 32.2. The third-order valence-electron chi connectivity index (χ3n) is 2.33. The van der Waals surface area contributed by atoms with Gasteiger partial charge in [0, 0.05) is 23.0 Å². The summed E-state index contributed by atoms with van der Waals surface area (Å²) in [6.07, 6.45) is 1.70. The Bertz CT molecular complexity index is 635. The van der Waals surface area contributed by atoms with Crippen LogP contribution in [0.1, 0.15) is 5.82 Å². The molecule has 0 spiro atoms. The molecule has 0 atom stereocenters. The monoisotopic (exact) mass is 278 g/mol. The van der Waals surface area contributed by atoms with E-state index in [1.807, 2.05) is 5.38 Å². The maximum Gasteiger partial charge on any atom is 0.216 e. The molecule has 3 aromatic heterocycles. The molecule has 0 fully saturated rings. The van der Waals surface area contributed by atoms with E-state index in [1.165, 1.54) is 0 Å². The Balaban J connectivity index is 1.71. The standard InChI is InChI=1S/C11H10N4OS2/c1-16-10-2-3-12-9(15-10)6-18-11-13-7-4-17-5-8(7)14-11/h2-5H,6H2,1H3,(H,13,14). The topological polar surface area (TPSA) is 63.7 Å². The first-order chi connectivity index (χ1) is 8.85. The number of thiophene rings is 1. The first-order valence-electron chi connectivity index (χ1n) is 5.26. The molecule has 5 nitrogen and oxygen atoms in total. The smallest absolute Gasteiger partial charge is 0.216 e. The molecule has 1 N–H and O–H groups in total. The van der Waals surface area contributed by atoms with Crippen molar-refractivity contribution in [2.24, 2.45) is 0 Å². The molecule has 92 valence electrons. The number of nitrogens with zero attached hydrogens (tertiary/aromatic N) is 3. The number of aromatic amines is 1. The van der Waals surface area contributed by atoms with Crippen molar-refractivity contribution >= 4 is 34.1 Å². The molecular formula is C11H10N4OS2. The van der Waals surface area contributed by atoms with Gasteiger partial charge in [0.25, 0.3) is 0 Å². The highest BCUT2D eigenvalue weighted by Crippen LogP contribution is 2.24. The van der Waals surface area contributed by atoms with Crippen molar-refractivity contribution in [3.63, 3.8) is 0 Å². The molecule has 0 amide bonds. The van der Waals surface area contributed by atoms with Crippen LogP contribution >= 0.6 is 23.1 Å². The number of methoxy groups -OCH3 is 1. The van der Waals surface area contributed by atoms with Crippen LogP contribution in [0.3, 0.4) is 0 Å². The molecule has 0 saturated carbocycles. The first-order valence-corrected chi connectivity index (χ1v) is 7.18. The molecule has 3 aromatic rings. The second-order valence-electron chi connectivity index (χ2n) is 3.52. The number of H-pyrrole nitrogens is 1. The van der Waals surface area contributed by atoms with Gasteiger partial charge in [-0.15, -0.1) is 11.3 Å². The average molecular weight is 278 g/mol. The van der Waals surface area contributed by atoms with E-state index < -0.39 is 0 Å². The molecule has 0 radical (unpaired) electrons. The number of ether oxygens (including phenoxy) is 1. The number of imidazole rings is 1. The van der Waals surface area contributed by atoms with Crippen LogP contribution in [-0.4, -0.2) is 27.0 Å². The lowest BCUT2D eigenvalue weighted by atomic mass is 10.5. The largest absolute Gasteiger partial charge is 0.481 e. The number of hydrogen-bond acceptors (Lipinski definition) is 6. The average Bonchev–Trinajstić information content (AvgIpc) is 2.97. The van der Waals surface area contributed by atoms with E-state index in [4.69, 9.17) is 4.74 Å². The predicted molar refractivity (Wildman–Crippen MR) is 72.1 cm³/mol. The Hall–Kier alpha value is -1.60. The lowest BCUT2D eigenvalue weighted by Gasteiger charge is -2.00. The van der Waals surface area contributed by atoms with Gasteiger partial charge >= 0.3 is 0 Å². The SMILES string of the molecule is COc1ccnc(CSc2nc3cscc3[nH]2)n1. The van der Waals surface area contributed by atoms with Gasteiger partial charge in [-0.25, -0.2) is 9.97 Å². The quantitative estimate of drug-likeness (QED) is 0.743. The number of hydrogen-bond donors (Lipinski definition) is 1. The Morgan fingerprint density at radius 2 is 2.33 bits per heavy atom. The molecule has 0 aliphatic heterocycles. The van der Waals surface area contributed by atoms with Gasteiger partial charge in [0.05, 0.1) is 18.4 Å². The van der Waals surface area contributed by atoms with Gasteiger partial charge in [-0.3, -0.25) is 0 Å². The highest BCUT2D eigenvalue weighted by molar-refractivity contribution is 7.98. The Morgan fingerprint density at radius 3 is 3.17 bits per heavy atom. The van der Waals surface area contributed by atoms with Crippen molar-refractivity contribution in [2.45, 2.75) is 10.9 Å². The molecular weight excluding hydrogens is 268 g/mol. The third-order valence-corrected chi connectivity index (χ3v) is 3.93. The molecule has 0 bridgehead atoms. The molecule has 7 heteroatoms. The Morgan fingerprint density at radius 1 is 1.39 bits per heavy atom. The summed E-state index contributed by atoms with van der Waals surface area (Å²) in [6, 6.07) is 1.73. The minimum atomic E-state index is 0.584. The molecule has 0 aromatic carbocycles. The van der Waals surface area contributed by atoms with Crippen LogP contribution in [0.5, 0.6) is 5.88 Å². The van der Waals surface area contributed by atoms with Crippen molar-refractivity contribution in [1.82, 2.24) is 19.9 Å². The summed E-state index contributed by atoms with van der Waals surface area (Å²) in [6.45, 7) is 0. The predicted octanol–water partition coefficient (Wildman–Crippen LogP) is 2.72. The molecule has 18 heavy (non-hydrogen) atoms. The fourth-order valence-electron chi connectivity index (χ4n) is 1.49. The lowest BCUT2D eigenvalue weighted by Crippen LogP contribution is -1.95. The summed E-state index contributed by atoms with van der Waals surface area (Å²) in [7, 11) is 1.60. The second-order valence-corrected chi connectivity index (χ2v) is 5.22. The maximum atomic E-state index is 5.06. The van der Waals surface area contributed by atoms with Gasteiger partial charge in [-0.1, -0.05) is 11.8 Å². The number of aromatic nitrogens is 4. The van der Waals surface area contributed by atoms with E-state index in [9.17, 15) is 0 Å². The van der Waals surface area contributed by atoms with Crippen LogP contribution in [0, 0.1) is 0 Å². The van der Waals surface area contributed by atoms with E-state index >= 15 is 0 Å². The molecule has 0 unspecified atom stereocenters. The van der Waals surface area contributed by atoms with Crippen LogP contribution in [0.15, 0.2) is 28.2 Å². The normalized spacial score (nSPS) is 10.9. The number of rotatable bonds is 4. The molecule has 3 rings (SSSR count). The van der Waals surface area contributed by atoms with Gasteiger partial charge in [0.1, 0.15) is 11.3 Å². The maximum absolute atomic E-state index is 5.06. The van der Waals surface area contributed by atoms with Crippen LogP contribution in [0.2, 0.25) is 0 Å². The molecule has 0 saturated heterocycles. The van der Waals surface area contributed by atoms with Gasteiger partial charge in [0.2, 0.25) is 5.88 Å². The molecule has 3 heterocycles. The fraction of sp³-hybridized carbons (Fsp3) is 0.182. The zero-order chi connectivity index (χ0) is 12.4. The minimum absolute atomic E-state index is 0.584. The van der Waals surface area contributed by atoms with Crippen molar-refractivity contribution in [2.75, 3.05) is 7.11 Å². The second kappa shape index (κ2) is 4.95. The number of fused-ring (bicyclic) bond motifs is 1. The Labute approximate surface area is 112 Å². The van der Waals surface area contributed by atoms with Crippen molar-refractivity contribution in [3.05, 3.63) is 28.8 Å². The van der Waals surface area contributed by atoms with E-state index in [-0.39, 0.29) is 0 Å². The molecule has 0 aliphatic rings. The number of nitrogens with one attached hydrogen (secondary N) is 1. The van der Waals surface area contributed by atoms with Crippen molar-refractivity contribution in [1.29, 1.82) is 0 Å². The van der Waals surface area contributed by atoms with Crippen LogP contribution in [0.25, 0.3) is 11.0 Å². The van der Waals surface area contributed by atoms with E-state index in [0.717, 1.165) is 22.0 Å². The van der Waals surface area contributed by atoms with E-state index in [2.05, 4.69) is 25.3 Å². The summed E-state index contributed by atoms with van der Waals surface area (Å²) in [4.78, 5) is 16.2. The summed E-state index contributed by atoms with van der Waals surface area (Å²) in [5.41, 5.74) is 2.09. The van der Waals surface area contributed by atoms with Crippen LogP contribution in [-0.2, 0) is 5.75 Å². The van der Waals surface area contributed by atoms with E-state index in [1.54, 1.807) is 42.5 Å². The van der Waals surface area contributed by atoms with Crippen molar-refractivity contribution < 1.29 is 4.74 Å². The van der Waals surface area contributed by atoms with Gasteiger partial charge in [-0.05, 0) is 0 Å². The lowest BCUT2D eigenvalue weighted by molar-refractivity contribution is 0.395. The van der Waals surface area contributed by atoms with Gasteiger partial charge in [-0.2, -0.15) is 4.98 Å². The fourth-order valence-corrected chi connectivity index (χ4v) is 2.93. The first kappa shape index (κ1) is 11.5. The third kappa shape index (κ3) is 2.32. The van der Waals surface area contributed by atoms with Crippen LogP contribution in [0.4, 0.5) is 0 Å². The summed E-state index contributed by atoms with van der Waals surface area (Å²) < 4.78 is 5.06. The van der Waals surface area contributed by atoms with E-state index in [0.29, 0.717) is 11.6 Å². The van der Waals surface area contributed by atoms with Gasteiger partial charge < -0.3 is 9.72 Å². The minimum Gasteiger partial charge on any atom is -0.481 e. The Kier molecular flexibility index (Phi) is 3.16. The highest BCUT2D eigenvalue weighted by Gasteiger charge is 2.06. The summed E-state index contributed by atoms with van der Waals surface area (Å²) in [5.74, 6) is 1.98. The van der Waals surface area contributed by atoms with Crippen LogP contribution < -0.4 is 4.74 Å².